The van der Waals surface area contributed by atoms with E-state index in [2.05, 4.69) is 39.9 Å². The number of ether oxygens (including phenoxy) is 2. The Balaban J connectivity index is 0.00000182. The molecule has 1 unspecified atom stereocenters. The Bertz CT molecular complexity index is 779. The highest BCUT2D eigenvalue weighted by molar-refractivity contribution is 14.0. The van der Waals surface area contributed by atoms with Crippen molar-refractivity contribution in [3.8, 4) is 11.5 Å². The van der Waals surface area contributed by atoms with Crippen LogP contribution >= 0.6 is 24.0 Å². The molecule has 1 aliphatic carbocycles. The fourth-order valence-electron chi connectivity index (χ4n) is 3.22. The summed E-state index contributed by atoms with van der Waals surface area (Å²) in [6, 6.07) is 14.6. The number of halogens is 1. The van der Waals surface area contributed by atoms with Crippen molar-refractivity contribution in [3.63, 3.8) is 0 Å². The van der Waals surface area contributed by atoms with E-state index in [0.29, 0.717) is 19.3 Å². The average Bonchev–Trinajstić information content (AvgIpc) is 3.06. The maximum absolute atomic E-state index is 5.41. The van der Waals surface area contributed by atoms with Crippen molar-refractivity contribution in [2.45, 2.75) is 18.9 Å². The summed E-state index contributed by atoms with van der Waals surface area (Å²) in [4.78, 5) is 4.30. The number of benzene rings is 2. The van der Waals surface area contributed by atoms with Gasteiger partial charge < -0.3 is 20.1 Å². The van der Waals surface area contributed by atoms with Gasteiger partial charge in [-0.1, -0.05) is 30.3 Å². The Hall–Kier alpha value is -1.96. The molecule has 25 heavy (non-hydrogen) atoms. The van der Waals surface area contributed by atoms with E-state index in [1.54, 1.807) is 7.05 Å². The zero-order valence-corrected chi connectivity index (χ0v) is 16.4. The summed E-state index contributed by atoms with van der Waals surface area (Å²) in [6.45, 7) is 1.90. The molecule has 0 spiro atoms. The fourth-order valence-corrected chi connectivity index (χ4v) is 3.22. The van der Waals surface area contributed by atoms with E-state index in [-0.39, 0.29) is 24.0 Å². The van der Waals surface area contributed by atoms with Crippen LogP contribution in [-0.4, -0.2) is 26.3 Å². The molecule has 0 radical (unpaired) electrons. The molecule has 2 aromatic rings. The molecule has 132 valence electrons. The summed E-state index contributed by atoms with van der Waals surface area (Å²) in [6.07, 6.45) is 1.14. The second-order valence-corrected chi connectivity index (χ2v) is 6.09. The predicted molar refractivity (Wildman–Crippen MR) is 109 cm³/mol. The average molecular weight is 451 g/mol. The van der Waals surface area contributed by atoms with Gasteiger partial charge in [-0.25, -0.2) is 0 Å². The van der Waals surface area contributed by atoms with Crippen LogP contribution in [0.15, 0.2) is 47.5 Å². The molecule has 2 aromatic carbocycles. The minimum absolute atomic E-state index is 0. The number of nitrogens with one attached hydrogen (secondary N) is 2. The first-order valence-electron chi connectivity index (χ1n) is 8.24. The van der Waals surface area contributed by atoms with Crippen LogP contribution in [0.2, 0.25) is 0 Å². The molecule has 0 amide bonds. The van der Waals surface area contributed by atoms with Crippen LogP contribution in [0.4, 0.5) is 0 Å². The molecule has 0 fully saturated rings. The molecule has 0 saturated heterocycles. The van der Waals surface area contributed by atoms with E-state index in [9.17, 15) is 0 Å². The number of hydrogen-bond acceptors (Lipinski definition) is 3. The standard InChI is InChI=1S/C19H21N3O2.HI/c1-20-19(22-11-15-9-14-4-2-3-5-16(14)15)21-10-13-6-7-17-18(8-13)24-12-23-17;/h2-8,15H,9-12H2,1H3,(H2,20,21,22);1H. The molecular formula is C19H22IN3O2. The molecule has 1 aliphatic heterocycles. The third kappa shape index (κ3) is 3.84. The molecule has 1 atom stereocenters. The van der Waals surface area contributed by atoms with Crippen LogP contribution in [0.1, 0.15) is 22.6 Å². The lowest BCUT2D eigenvalue weighted by atomic mass is 9.78. The number of nitrogens with zero attached hydrogens (tertiary/aromatic N) is 1. The molecule has 5 nitrogen and oxygen atoms in total. The topological polar surface area (TPSA) is 54.9 Å². The summed E-state index contributed by atoms with van der Waals surface area (Å²) in [7, 11) is 1.80. The Morgan fingerprint density at radius 2 is 1.96 bits per heavy atom. The third-order valence-corrected chi connectivity index (χ3v) is 4.60. The number of guanidine groups is 1. The maximum atomic E-state index is 5.41. The Kier molecular flexibility index (Phi) is 5.67. The molecule has 0 aromatic heterocycles. The third-order valence-electron chi connectivity index (χ3n) is 4.60. The molecule has 0 bridgehead atoms. The van der Waals surface area contributed by atoms with Gasteiger partial charge in [0.1, 0.15) is 0 Å². The van der Waals surface area contributed by atoms with Gasteiger partial charge in [0.2, 0.25) is 6.79 Å². The van der Waals surface area contributed by atoms with Gasteiger partial charge in [-0.2, -0.15) is 0 Å². The van der Waals surface area contributed by atoms with E-state index in [4.69, 9.17) is 9.47 Å². The lowest BCUT2D eigenvalue weighted by Gasteiger charge is -2.30. The molecule has 6 heteroatoms. The van der Waals surface area contributed by atoms with Crippen molar-refractivity contribution in [3.05, 3.63) is 59.2 Å². The van der Waals surface area contributed by atoms with Gasteiger partial charge in [-0.15, -0.1) is 24.0 Å². The van der Waals surface area contributed by atoms with E-state index >= 15 is 0 Å². The van der Waals surface area contributed by atoms with Gasteiger partial charge in [0.05, 0.1) is 0 Å². The highest BCUT2D eigenvalue weighted by Crippen LogP contribution is 2.34. The van der Waals surface area contributed by atoms with E-state index in [1.165, 1.54) is 11.1 Å². The van der Waals surface area contributed by atoms with E-state index < -0.39 is 0 Å². The minimum Gasteiger partial charge on any atom is -0.454 e. The van der Waals surface area contributed by atoms with E-state index in [1.807, 2.05) is 18.2 Å². The predicted octanol–water partition coefficient (Wildman–Crippen LogP) is 3.04. The van der Waals surface area contributed by atoms with E-state index in [0.717, 1.165) is 36.0 Å². The normalized spacial score (nSPS) is 17.2. The molecule has 0 saturated carbocycles. The summed E-state index contributed by atoms with van der Waals surface area (Å²) in [5.74, 6) is 3.01. The molecular weight excluding hydrogens is 429 g/mol. The maximum Gasteiger partial charge on any atom is 0.231 e. The minimum atomic E-state index is 0. The molecule has 2 N–H and O–H groups in total. The number of hydrogen-bond donors (Lipinski definition) is 2. The number of fused-ring (bicyclic) bond motifs is 2. The fraction of sp³-hybridized carbons (Fsp3) is 0.316. The van der Waals surface area contributed by atoms with Gasteiger partial charge in [0.15, 0.2) is 17.5 Å². The van der Waals surface area contributed by atoms with Crippen LogP contribution in [0.25, 0.3) is 0 Å². The number of rotatable bonds is 4. The molecule has 1 heterocycles. The monoisotopic (exact) mass is 451 g/mol. The van der Waals surface area contributed by atoms with Crippen molar-refractivity contribution >= 4 is 29.9 Å². The van der Waals surface area contributed by atoms with Crippen LogP contribution in [-0.2, 0) is 13.0 Å². The summed E-state index contributed by atoms with van der Waals surface area (Å²) in [5, 5.41) is 6.76. The van der Waals surface area contributed by atoms with Gasteiger partial charge in [-0.3, -0.25) is 4.99 Å². The molecule has 2 aliphatic rings. The van der Waals surface area contributed by atoms with Gasteiger partial charge in [0, 0.05) is 26.1 Å². The smallest absolute Gasteiger partial charge is 0.231 e. The van der Waals surface area contributed by atoms with Crippen LogP contribution < -0.4 is 20.1 Å². The zero-order chi connectivity index (χ0) is 16.4. The van der Waals surface area contributed by atoms with Crippen molar-refractivity contribution in [2.75, 3.05) is 20.4 Å². The van der Waals surface area contributed by atoms with Gasteiger partial charge in [-0.05, 0) is 35.2 Å². The lowest BCUT2D eigenvalue weighted by Crippen LogP contribution is -2.40. The second-order valence-electron chi connectivity index (χ2n) is 6.09. The Morgan fingerprint density at radius 1 is 1.12 bits per heavy atom. The van der Waals surface area contributed by atoms with Crippen molar-refractivity contribution in [2.24, 2.45) is 4.99 Å². The first-order chi connectivity index (χ1) is 11.8. The molecule has 4 rings (SSSR count). The SMILES string of the molecule is CN=C(NCc1ccc2c(c1)OCO2)NCC1Cc2ccccc21.I. The summed E-state index contributed by atoms with van der Waals surface area (Å²) in [5.41, 5.74) is 4.06. The largest absolute Gasteiger partial charge is 0.454 e. The number of aliphatic imine (C=N–C) groups is 1. The Labute approximate surface area is 164 Å². The van der Waals surface area contributed by atoms with Crippen molar-refractivity contribution in [1.29, 1.82) is 0 Å². The van der Waals surface area contributed by atoms with Crippen molar-refractivity contribution < 1.29 is 9.47 Å². The van der Waals surface area contributed by atoms with Gasteiger partial charge in [0.25, 0.3) is 0 Å². The van der Waals surface area contributed by atoms with Crippen molar-refractivity contribution in [1.82, 2.24) is 10.6 Å². The Morgan fingerprint density at radius 3 is 2.80 bits per heavy atom. The van der Waals surface area contributed by atoms with Crippen LogP contribution in [0, 0.1) is 0 Å². The van der Waals surface area contributed by atoms with Gasteiger partial charge >= 0.3 is 0 Å². The van der Waals surface area contributed by atoms with Crippen LogP contribution in [0.5, 0.6) is 11.5 Å². The first kappa shape index (κ1) is 17.8. The summed E-state index contributed by atoms with van der Waals surface area (Å²) < 4.78 is 10.7. The first-order valence-corrected chi connectivity index (χ1v) is 8.24. The highest BCUT2D eigenvalue weighted by Gasteiger charge is 2.25. The quantitative estimate of drug-likeness (QED) is 0.427. The second kappa shape index (κ2) is 7.95. The summed E-state index contributed by atoms with van der Waals surface area (Å²) >= 11 is 0. The highest BCUT2D eigenvalue weighted by atomic mass is 127. The lowest BCUT2D eigenvalue weighted by molar-refractivity contribution is 0.174. The zero-order valence-electron chi connectivity index (χ0n) is 14.1. The van der Waals surface area contributed by atoms with Crippen LogP contribution in [0.3, 0.4) is 0 Å².